The van der Waals surface area contributed by atoms with Gasteiger partial charge in [0.15, 0.2) is 11.3 Å². The number of fused-ring (bicyclic) bond motifs is 1. The van der Waals surface area contributed by atoms with Gasteiger partial charge in [-0.05, 0) is 6.07 Å². The number of hydrogen-bond donors (Lipinski definition) is 2. The van der Waals surface area contributed by atoms with Crippen molar-refractivity contribution in [2.45, 2.75) is 13.1 Å². The van der Waals surface area contributed by atoms with E-state index in [0.29, 0.717) is 6.07 Å². The summed E-state index contributed by atoms with van der Waals surface area (Å²) in [5, 5.41) is 12.6. The Hall–Kier alpha value is -3.53. The second-order valence-electron chi connectivity index (χ2n) is 6.18. The van der Waals surface area contributed by atoms with Gasteiger partial charge < -0.3 is 24.1 Å². The zero-order valence-corrected chi connectivity index (χ0v) is 15.3. The number of pyridine rings is 1. The Balaban J connectivity index is 1.93. The van der Waals surface area contributed by atoms with Crippen LogP contribution in [0.1, 0.15) is 15.9 Å². The van der Waals surface area contributed by atoms with Gasteiger partial charge in [-0.25, -0.2) is 8.78 Å². The van der Waals surface area contributed by atoms with Crippen molar-refractivity contribution in [2.75, 3.05) is 13.7 Å². The molecule has 0 fully saturated rings. The Morgan fingerprint density at radius 3 is 2.69 bits per heavy atom. The summed E-state index contributed by atoms with van der Waals surface area (Å²) in [6.07, 6.45) is 3.94. The first-order valence-electron chi connectivity index (χ1n) is 8.52. The predicted molar refractivity (Wildman–Crippen MR) is 99.0 cm³/mol. The number of methoxy groups -OCH3 is 1. The maximum Gasteiger partial charge on any atom is 0.278 e. The fourth-order valence-electron chi connectivity index (χ4n) is 2.77. The van der Waals surface area contributed by atoms with E-state index in [0.717, 1.165) is 22.7 Å². The van der Waals surface area contributed by atoms with Gasteiger partial charge in [0, 0.05) is 50.4 Å². The average molecular weight is 405 g/mol. The predicted octanol–water partition coefficient (Wildman–Crippen LogP) is 1.02. The van der Waals surface area contributed by atoms with E-state index in [1.165, 1.54) is 24.1 Å². The third kappa shape index (κ3) is 4.02. The molecule has 2 N–H and O–H groups in total. The second-order valence-corrected chi connectivity index (χ2v) is 6.18. The SMILES string of the molecule is COCCn1ccn2cc(C(=O)NCc3ccc(F)cc3F)c(=O)c(O)c2c1=O. The standard InChI is InChI=1S/C19H17F2N3O5/c1-29-7-6-23-4-5-24-10-13(16(25)17(26)15(24)19(23)28)18(27)22-9-11-2-3-12(20)8-14(11)21/h2-5,8,10,26H,6-7,9H2,1H3,(H,22,27). The zero-order chi connectivity index (χ0) is 21.1. The maximum absolute atomic E-state index is 13.7. The topological polar surface area (TPSA) is 102 Å². The van der Waals surface area contributed by atoms with E-state index in [-0.39, 0.29) is 30.8 Å². The number of aromatic nitrogens is 2. The molecule has 2 heterocycles. The van der Waals surface area contributed by atoms with Crippen LogP contribution in [-0.4, -0.2) is 33.7 Å². The van der Waals surface area contributed by atoms with Gasteiger partial charge in [0.1, 0.15) is 17.2 Å². The lowest BCUT2D eigenvalue weighted by Crippen LogP contribution is -2.31. The lowest BCUT2D eigenvalue weighted by Gasteiger charge is -2.11. The monoisotopic (exact) mass is 405 g/mol. The minimum Gasteiger partial charge on any atom is -0.503 e. The molecule has 10 heteroatoms. The van der Waals surface area contributed by atoms with Crippen LogP contribution in [0.3, 0.4) is 0 Å². The minimum atomic E-state index is -1.04. The Labute approximate surface area is 162 Å². The van der Waals surface area contributed by atoms with Gasteiger partial charge >= 0.3 is 0 Å². The van der Waals surface area contributed by atoms with E-state index in [1.54, 1.807) is 0 Å². The maximum atomic E-state index is 13.7. The molecule has 1 amide bonds. The van der Waals surface area contributed by atoms with Gasteiger partial charge in [-0.1, -0.05) is 6.07 Å². The molecule has 29 heavy (non-hydrogen) atoms. The quantitative estimate of drug-likeness (QED) is 0.638. The summed E-state index contributed by atoms with van der Waals surface area (Å²) < 4.78 is 34.0. The Morgan fingerprint density at radius 1 is 1.24 bits per heavy atom. The molecule has 3 rings (SSSR count). The van der Waals surface area contributed by atoms with Crippen LogP contribution in [-0.2, 0) is 17.8 Å². The van der Waals surface area contributed by atoms with Crippen LogP contribution >= 0.6 is 0 Å². The summed E-state index contributed by atoms with van der Waals surface area (Å²) in [6.45, 7) is 0.166. The van der Waals surface area contributed by atoms with E-state index in [2.05, 4.69) is 5.32 Å². The highest BCUT2D eigenvalue weighted by Crippen LogP contribution is 2.12. The average Bonchev–Trinajstić information content (AvgIpc) is 2.69. The molecule has 0 aliphatic heterocycles. The van der Waals surface area contributed by atoms with Crippen LogP contribution in [0.2, 0.25) is 0 Å². The number of ether oxygens (including phenoxy) is 1. The molecule has 0 bridgehead atoms. The zero-order valence-electron chi connectivity index (χ0n) is 15.3. The molecule has 0 saturated heterocycles. The first-order chi connectivity index (χ1) is 13.8. The van der Waals surface area contributed by atoms with Gasteiger partial charge in [-0.2, -0.15) is 0 Å². The van der Waals surface area contributed by atoms with Gasteiger partial charge in [0.2, 0.25) is 5.43 Å². The van der Waals surface area contributed by atoms with Crippen molar-refractivity contribution in [2.24, 2.45) is 0 Å². The van der Waals surface area contributed by atoms with E-state index in [1.807, 2.05) is 0 Å². The second kappa shape index (κ2) is 8.23. The molecule has 8 nitrogen and oxygen atoms in total. The molecule has 0 radical (unpaired) electrons. The lowest BCUT2D eigenvalue weighted by atomic mass is 10.2. The molecule has 2 aromatic heterocycles. The van der Waals surface area contributed by atoms with Gasteiger partial charge in [-0.3, -0.25) is 14.4 Å². The van der Waals surface area contributed by atoms with Crippen LogP contribution in [0.4, 0.5) is 8.78 Å². The summed E-state index contributed by atoms with van der Waals surface area (Å²) in [5.41, 5.74) is -2.36. The number of rotatable bonds is 6. The van der Waals surface area contributed by atoms with E-state index < -0.39 is 39.8 Å². The lowest BCUT2D eigenvalue weighted by molar-refractivity contribution is 0.0948. The van der Waals surface area contributed by atoms with Gasteiger partial charge in [0.05, 0.1) is 6.61 Å². The van der Waals surface area contributed by atoms with Crippen molar-refractivity contribution < 1.29 is 23.4 Å². The first kappa shape index (κ1) is 20.2. The van der Waals surface area contributed by atoms with Crippen LogP contribution in [0.25, 0.3) is 5.52 Å². The molecule has 152 valence electrons. The Morgan fingerprint density at radius 2 is 2.00 bits per heavy atom. The van der Waals surface area contributed by atoms with Crippen molar-refractivity contribution in [3.8, 4) is 5.75 Å². The molecule has 1 aromatic carbocycles. The number of carbonyl (C=O) groups excluding carboxylic acids is 1. The summed E-state index contributed by atoms with van der Waals surface area (Å²) in [5.74, 6) is -3.36. The molecular formula is C19H17F2N3O5. The molecule has 0 atom stereocenters. The number of nitrogens with zero attached hydrogens (tertiary/aromatic N) is 2. The molecule has 3 aromatic rings. The normalized spacial score (nSPS) is 11.0. The molecule has 0 spiro atoms. The number of aromatic hydroxyl groups is 1. The fourth-order valence-corrected chi connectivity index (χ4v) is 2.77. The largest absolute Gasteiger partial charge is 0.503 e. The summed E-state index contributed by atoms with van der Waals surface area (Å²) in [7, 11) is 1.47. The van der Waals surface area contributed by atoms with Crippen molar-refractivity contribution in [1.29, 1.82) is 0 Å². The van der Waals surface area contributed by atoms with Crippen molar-refractivity contribution in [3.63, 3.8) is 0 Å². The van der Waals surface area contributed by atoms with Crippen molar-refractivity contribution in [1.82, 2.24) is 14.3 Å². The van der Waals surface area contributed by atoms with Crippen LogP contribution in [0, 0.1) is 11.6 Å². The highest BCUT2D eigenvalue weighted by Gasteiger charge is 2.19. The van der Waals surface area contributed by atoms with Crippen molar-refractivity contribution >= 4 is 11.4 Å². The van der Waals surface area contributed by atoms with Crippen LogP contribution in [0.5, 0.6) is 5.75 Å². The highest BCUT2D eigenvalue weighted by molar-refractivity contribution is 5.94. The summed E-state index contributed by atoms with van der Waals surface area (Å²) in [6, 6.07) is 2.88. The number of amides is 1. The number of benzene rings is 1. The highest BCUT2D eigenvalue weighted by atomic mass is 19.1. The van der Waals surface area contributed by atoms with Crippen LogP contribution < -0.4 is 16.3 Å². The third-order valence-electron chi connectivity index (χ3n) is 4.32. The number of halogens is 2. The van der Waals surface area contributed by atoms with E-state index in [4.69, 9.17) is 4.74 Å². The minimum absolute atomic E-state index is 0.0193. The number of carbonyl (C=O) groups is 1. The van der Waals surface area contributed by atoms with E-state index >= 15 is 0 Å². The summed E-state index contributed by atoms with van der Waals surface area (Å²) >= 11 is 0. The summed E-state index contributed by atoms with van der Waals surface area (Å²) in [4.78, 5) is 37.3. The number of hydrogen-bond acceptors (Lipinski definition) is 5. The molecule has 0 aliphatic rings. The van der Waals surface area contributed by atoms with Crippen LogP contribution in [0.15, 0.2) is 46.4 Å². The first-order valence-corrected chi connectivity index (χ1v) is 8.52. The van der Waals surface area contributed by atoms with E-state index in [9.17, 15) is 28.3 Å². The number of nitrogens with one attached hydrogen (secondary N) is 1. The Bertz CT molecular complexity index is 1200. The molecule has 0 unspecified atom stereocenters. The third-order valence-corrected chi connectivity index (χ3v) is 4.32. The smallest absolute Gasteiger partial charge is 0.278 e. The molecular weight excluding hydrogens is 388 g/mol. The van der Waals surface area contributed by atoms with Crippen molar-refractivity contribution in [3.05, 3.63) is 80.1 Å². The molecule has 0 saturated carbocycles. The fraction of sp³-hybridized carbons (Fsp3) is 0.211. The van der Waals surface area contributed by atoms with Gasteiger partial charge in [-0.15, -0.1) is 0 Å². The molecule has 0 aliphatic carbocycles. The van der Waals surface area contributed by atoms with Gasteiger partial charge in [0.25, 0.3) is 11.5 Å². The Kier molecular flexibility index (Phi) is 5.74.